The van der Waals surface area contributed by atoms with Crippen molar-refractivity contribution >= 4 is 12.1 Å². The van der Waals surface area contributed by atoms with Gasteiger partial charge >= 0.3 is 0 Å². The summed E-state index contributed by atoms with van der Waals surface area (Å²) >= 11 is 0. The maximum absolute atomic E-state index is 13.8. The van der Waals surface area contributed by atoms with E-state index in [2.05, 4.69) is 27.5 Å². The van der Waals surface area contributed by atoms with Crippen molar-refractivity contribution in [1.29, 1.82) is 0 Å². The van der Waals surface area contributed by atoms with E-state index in [9.17, 15) is 9.18 Å². The number of halogens is 1. The Morgan fingerprint density at radius 3 is 2.73 bits per heavy atom. The van der Waals surface area contributed by atoms with Gasteiger partial charge in [0.05, 0.1) is 19.1 Å². The van der Waals surface area contributed by atoms with Gasteiger partial charge in [-0.1, -0.05) is 12.7 Å². The maximum atomic E-state index is 13.8. The Morgan fingerprint density at radius 2 is 2.17 bits per heavy atom. The van der Waals surface area contributed by atoms with Crippen molar-refractivity contribution in [3.05, 3.63) is 47.5 Å². The second kappa shape index (κ2) is 12.3. The molecular formula is C22H36FN5O2. The molecule has 168 valence electrons. The van der Waals surface area contributed by atoms with E-state index in [1.165, 1.54) is 13.8 Å². The lowest BCUT2D eigenvalue weighted by Crippen LogP contribution is -2.38. The van der Waals surface area contributed by atoms with E-state index in [4.69, 9.17) is 4.74 Å². The molecule has 1 amide bonds. The Kier molecular flexibility index (Phi) is 10.5. The van der Waals surface area contributed by atoms with Gasteiger partial charge in [0.2, 0.25) is 0 Å². The number of hydrogen-bond acceptors (Lipinski definition) is 6. The number of nitrogens with zero attached hydrogens (tertiary/aromatic N) is 2. The SMILES string of the molecule is C=C/C(C)=C(\CN(C)CCN=CC1=C(C(=O)NC)NC=CC1NC)OCC(C)(C)F. The van der Waals surface area contributed by atoms with Gasteiger partial charge in [-0.3, -0.25) is 14.7 Å². The van der Waals surface area contributed by atoms with Crippen molar-refractivity contribution in [3.8, 4) is 0 Å². The zero-order valence-corrected chi connectivity index (χ0v) is 19.0. The van der Waals surface area contributed by atoms with Crippen LogP contribution in [0.3, 0.4) is 0 Å². The third-order valence-corrected chi connectivity index (χ3v) is 4.50. The van der Waals surface area contributed by atoms with Crippen LogP contribution in [0.1, 0.15) is 20.8 Å². The van der Waals surface area contributed by atoms with Crippen molar-refractivity contribution < 1.29 is 13.9 Å². The van der Waals surface area contributed by atoms with Crippen LogP contribution < -0.4 is 16.0 Å². The average molecular weight is 422 g/mol. The molecule has 30 heavy (non-hydrogen) atoms. The first-order valence-electron chi connectivity index (χ1n) is 10.0. The first-order chi connectivity index (χ1) is 14.1. The maximum Gasteiger partial charge on any atom is 0.267 e. The minimum Gasteiger partial charge on any atom is -0.493 e. The number of hydrogen-bond donors (Lipinski definition) is 3. The topological polar surface area (TPSA) is 78.0 Å². The fourth-order valence-electron chi connectivity index (χ4n) is 2.66. The van der Waals surface area contributed by atoms with Crippen LogP contribution in [-0.2, 0) is 9.53 Å². The summed E-state index contributed by atoms with van der Waals surface area (Å²) in [6.45, 7) is 10.4. The predicted molar refractivity (Wildman–Crippen MR) is 121 cm³/mol. The molecule has 0 fully saturated rings. The van der Waals surface area contributed by atoms with Crippen molar-refractivity contribution in [1.82, 2.24) is 20.9 Å². The van der Waals surface area contributed by atoms with Gasteiger partial charge in [0, 0.05) is 25.4 Å². The van der Waals surface area contributed by atoms with E-state index in [1.54, 1.807) is 25.5 Å². The van der Waals surface area contributed by atoms with Crippen LogP contribution in [0.2, 0.25) is 0 Å². The number of carbonyl (C=O) groups excluding carboxylic acids is 1. The molecule has 0 aromatic rings. The normalized spacial score (nSPS) is 17.8. The van der Waals surface area contributed by atoms with Crippen molar-refractivity contribution in [2.24, 2.45) is 4.99 Å². The molecule has 0 spiro atoms. The van der Waals surface area contributed by atoms with Gasteiger partial charge in [0.25, 0.3) is 5.91 Å². The summed E-state index contributed by atoms with van der Waals surface area (Å²) < 4.78 is 19.5. The molecule has 0 saturated heterocycles. The quantitative estimate of drug-likeness (QED) is 0.255. The van der Waals surface area contributed by atoms with Gasteiger partial charge in [-0.25, -0.2) is 4.39 Å². The number of carbonyl (C=O) groups is 1. The van der Waals surface area contributed by atoms with Crippen LogP contribution in [-0.4, -0.2) is 76.1 Å². The minimum absolute atomic E-state index is 0.0120. The number of aliphatic imine (C=N–C) groups is 1. The molecule has 1 atom stereocenters. The summed E-state index contributed by atoms with van der Waals surface area (Å²) in [6, 6.07) is -0.0951. The van der Waals surface area contributed by atoms with Gasteiger partial charge in [-0.05, 0) is 52.7 Å². The third-order valence-electron chi connectivity index (χ3n) is 4.50. The molecule has 1 aliphatic heterocycles. The standard InChI is InChI=1S/C22H36FN5O2/c1-8-16(2)19(30-15-22(3,4)23)14-28(7)12-11-26-13-17-18(24-5)9-10-27-20(17)21(29)25-6/h8-10,13,18,24,27H,1,11-12,14-15H2,2-7H3,(H,25,29)/b19-16+,26-13?. The minimum atomic E-state index is -1.40. The van der Waals surface area contributed by atoms with E-state index < -0.39 is 5.67 Å². The highest BCUT2D eigenvalue weighted by molar-refractivity contribution is 6.00. The molecule has 1 rings (SSSR count). The van der Waals surface area contributed by atoms with Gasteiger partial charge in [-0.2, -0.15) is 0 Å². The molecule has 0 bridgehead atoms. The molecule has 1 heterocycles. The fourth-order valence-corrected chi connectivity index (χ4v) is 2.66. The number of likely N-dealkylation sites (N-methyl/N-ethyl adjacent to an activating group) is 3. The van der Waals surface area contributed by atoms with Gasteiger partial charge in [0.1, 0.15) is 23.7 Å². The third kappa shape index (κ3) is 8.51. The van der Waals surface area contributed by atoms with Crippen LogP contribution in [0.5, 0.6) is 0 Å². The van der Waals surface area contributed by atoms with Crippen molar-refractivity contribution in [3.63, 3.8) is 0 Å². The molecular weight excluding hydrogens is 385 g/mol. The molecule has 7 nitrogen and oxygen atoms in total. The zero-order chi connectivity index (χ0) is 22.7. The second-order valence-electron chi connectivity index (χ2n) is 7.77. The number of alkyl halides is 1. The van der Waals surface area contributed by atoms with E-state index in [-0.39, 0.29) is 18.6 Å². The summed E-state index contributed by atoms with van der Waals surface area (Å²) in [5.41, 5.74) is 0.731. The molecule has 0 aromatic carbocycles. The van der Waals surface area contributed by atoms with Crippen LogP contribution in [0.4, 0.5) is 4.39 Å². The van der Waals surface area contributed by atoms with E-state index in [0.717, 1.165) is 11.1 Å². The Morgan fingerprint density at radius 1 is 1.47 bits per heavy atom. The van der Waals surface area contributed by atoms with Gasteiger partial charge in [0.15, 0.2) is 0 Å². The highest BCUT2D eigenvalue weighted by atomic mass is 19.1. The Balaban J connectivity index is 2.73. The van der Waals surface area contributed by atoms with Crippen LogP contribution in [0, 0.1) is 0 Å². The zero-order valence-electron chi connectivity index (χ0n) is 19.0. The lowest BCUT2D eigenvalue weighted by atomic mass is 10.0. The largest absolute Gasteiger partial charge is 0.493 e. The predicted octanol–water partition coefficient (Wildman–Crippen LogP) is 1.92. The number of ether oxygens (including phenoxy) is 1. The molecule has 1 aliphatic rings. The van der Waals surface area contributed by atoms with E-state index in [1.807, 2.05) is 32.0 Å². The molecule has 0 aliphatic carbocycles. The number of rotatable bonds is 12. The first kappa shape index (κ1) is 25.6. The first-order valence-corrected chi connectivity index (χ1v) is 10.0. The summed E-state index contributed by atoms with van der Waals surface area (Å²) in [5.74, 6) is 0.504. The lowest BCUT2D eigenvalue weighted by molar-refractivity contribution is -0.117. The van der Waals surface area contributed by atoms with Crippen molar-refractivity contribution in [2.75, 3.05) is 47.4 Å². The number of nitrogens with one attached hydrogen (secondary N) is 3. The lowest BCUT2D eigenvalue weighted by Gasteiger charge is -2.23. The second-order valence-corrected chi connectivity index (χ2v) is 7.77. The van der Waals surface area contributed by atoms with E-state index >= 15 is 0 Å². The fraction of sp³-hybridized carbons (Fsp3) is 0.545. The van der Waals surface area contributed by atoms with Crippen LogP contribution in [0.25, 0.3) is 0 Å². The Bertz CT molecular complexity index is 720. The van der Waals surface area contributed by atoms with Crippen LogP contribution in [0.15, 0.2) is 52.5 Å². The molecule has 3 N–H and O–H groups in total. The summed E-state index contributed by atoms with van der Waals surface area (Å²) in [6.07, 6.45) is 7.11. The number of dihydropyridines is 1. The smallest absolute Gasteiger partial charge is 0.267 e. The highest BCUT2D eigenvalue weighted by Crippen LogP contribution is 2.15. The Labute approximate surface area is 179 Å². The molecule has 8 heteroatoms. The van der Waals surface area contributed by atoms with Crippen LogP contribution >= 0.6 is 0 Å². The summed E-state index contributed by atoms with van der Waals surface area (Å²) in [7, 11) is 5.38. The monoisotopic (exact) mass is 421 g/mol. The van der Waals surface area contributed by atoms with Gasteiger partial charge in [-0.15, -0.1) is 0 Å². The molecule has 1 unspecified atom stereocenters. The number of allylic oxidation sites excluding steroid dienone is 2. The van der Waals surface area contributed by atoms with Crippen molar-refractivity contribution in [2.45, 2.75) is 32.5 Å². The Hall–Kier alpha value is -2.45. The number of amides is 1. The molecule has 0 aromatic heterocycles. The molecule has 0 radical (unpaired) electrons. The molecule has 0 saturated carbocycles. The average Bonchev–Trinajstić information content (AvgIpc) is 2.72. The highest BCUT2D eigenvalue weighted by Gasteiger charge is 2.21. The summed E-state index contributed by atoms with van der Waals surface area (Å²) in [4.78, 5) is 18.7. The van der Waals surface area contributed by atoms with E-state index in [0.29, 0.717) is 31.1 Å². The summed E-state index contributed by atoms with van der Waals surface area (Å²) in [5, 5.41) is 8.78. The van der Waals surface area contributed by atoms with Gasteiger partial charge < -0.3 is 20.7 Å².